The van der Waals surface area contributed by atoms with Crippen molar-refractivity contribution in [2.24, 2.45) is 14.1 Å². The Morgan fingerprint density at radius 1 is 1.39 bits per heavy atom. The fourth-order valence-corrected chi connectivity index (χ4v) is 1.42. The Balaban J connectivity index is 2.99. The van der Waals surface area contributed by atoms with Crippen LogP contribution in [0.2, 0.25) is 0 Å². The van der Waals surface area contributed by atoms with Crippen molar-refractivity contribution in [3.63, 3.8) is 0 Å². The Morgan fingerprint density at radius 2 is 2.06 bits per heavy atom. The van der Waals surface area contributed by atoms with Gasteiger partial charge >= 0.3 is 5.69 Å². The average Bonchev–Trinajstić information content (AvgIpc) is 2.36. The summed E-state index contributed by atoms with van der Waals surface area (Å²) in [6.45, 7) is 2.54. The van der Waals surface area contributed by atoms with E-state index in [2.05, 4.69) is 5.32 Å². The lowest BCUT2D eigenvalue weighted by Gasteiger charge is -2.03. The molecule has 1 N–H and O–H groups in total. The van der Waals surface area contributed by atoms with E-state index in [4.69, 9.17) is 0 Å². The molecule has 0 unspecified atom stereocenters. The minimum Gasteiger partial charge on any atom is -0.353 e. The number of aromatic nitrogens is 2. The highest BCUT2D eigenvalue weighted by atomic mass is 16.2. The van der Waals surface area contributed by atoms with Crippen LogP contribution < -0.4 is 16.6 Å². The van der Waals surface area contributed by atoms with Crippen molar-refractivity contribution in [1.82, 2.24) is 14.5 Å². The summed E-state index contributed by atoms with van der Waals surface area (Å²) in [5, 5.41) is 2.66. The number of amides is 1. The molecule has 0 aliphatic rings. The number of carbonyl (C=O) groups is 1. The van der Waals surface area contributed by atoms with E-state index in [-0.39, 0.29) is 5.91 Å². The maximum absolute atomic E-state index is 11.7. The third kappa shape index (κ3) is 3.19. The van der Waals surface area contributed by atoms with Gasteiger partial charge in [-0.1, -0.05) is 6.92 Å². The van der Waals surface area contributed by atoms with Crippen LogP contribution in [-0.4, -0.2) is 21.6 Å². The minimum absolute atomic E-state index is 0.257. The zero-order chi connectivity index (χ0) is 13.7. The van der Waals surface area contributed by atoms with Gasteiger partial charge in [0.05, 0.1) is 5.56 Å². The van der Waals surface area contributed by atoms with Crippen molar-refractivity contribution in [2.75, 3.05) is 6.54 Å². The first-order valence-corrected chi connectivity index (χ1v) is 5.70. The molecule has 0 radical (unpaired) electrons. The molecule has 98 valence electrons. The summed E-state index contributed by atoms with van der Waals surface area (Å²) in [5.74, 6) is -0.257. The van der Waals surface area contributed by atoms with Crippen molar-refractivity contribution in [2.45, 2.75) is 13.3 Å². The minimum atomic E-state index is -0.419. The molecule has 0 saturated carbocycles. The third-order valence-corrected chi connectivity index (χ3v) is 2.44. The van der Waals surface area contributed by atoms with Crippen LogP contribution in [0, 0.1) is 0 Å². The Kier molecular flexibility index (Phi) is 4.65. The molecule has 0 spiro atoms. The van der Waals surface area contributed by atoms with Gasteiger partial charge in [0.1, 0.15) is 0 Å². The second-order valence-electron chi connectivity index (χ2n) is 3.97. The van der Waals surface area contributed by atoms with E-state index in [1.165, 1.54) is 30.0 Å². The largest absolute Gasteiger partial charge is 0.353 e. The van der Waals surface area contributed by atoms with Crippen LogP contribution >= 0.6 is 0 Å². The molecular formula is C12H17N3O3. The van der Waals surface area contributed by atoms with Crippen LogP contribution in [0.15, 0.2) is 21.9 Å². The molecule has 0 aliphatic heterocycles. The standard InChI is InChI=1S/C12H17N3O3/c1-4-7-13-10(16)6-5-9-8-14(2)12(18)15(3)11(9)17/h5-6,8H,4,7H2,1-3H3,(H,13,16)/b6-5+. The summed E-state index contributed by atoms with van der Waals surface area (Å²) in [4.78, 5) is 34.5. The topological polar surface area (TPSA) is 73.1 Å². The second-order valence-corrected chi connectivity index (χ2v) is 3.97. The van der Waals surface area contributed by atoms with Crippen molar-refractivity contribution in [3.8, 4) is 0 Å². The van der Waals surface area contributed by atoms with E-state index in [1.54, 1.807) is 7.05 Å². The highest BCUT2D eigenvalue weighted by molar-refractivity contribution is 5.91. The van der Waals surface area contributed by atoms with Crippen LogP contribution in [0.1, 0.15) is 18.9 Å². The first kappa shape index (κ1) is 14.0. The number of rotatable bonds is 4. The monoisotopic (exact) mass is 251 g/mol. The predicted molar refractivity (Wildman–Crippen MR) is 69.3 cm³/mol. The maximum Gasteiger partial charge on any atom is 0.330 e. The summed E-state index contributed by atoms with van der Waals surface area (Å²) in [6.07, 6.45) is 4.96. The fourth-order valence-electron chi connectivity index (χ4n) is 1.42. The summed E-state index contributed by atoms with van der Waals surface area (Å²) < 4.78 is 2.30. The van der Waals surface area contributed by atoms with Gasteiger partial charge in [-0.15, -0.1) is 0 Å². The first-order valence-electron chi connectivity index (χ1n) is 5.70. The van der Waals surface area contributed by atoms with Crippen molar-refractivity contribution in [3.05, 3.63) is 38.7 Å². The Labute approximate surface area is 105 Å². The summed E-state index contributed by atoms with van der Waals surface area (Å²) >= 11 is 0. The molecule has 0 aromatic carbocycles. The molecule has 6 heteroatoms. The molecule has 6 nitrogen and oxygen atoms in total. The lowest BCUT2D eigenvalue weighted by Crippen LogP contribution is -2.37. The van der Waals surface area contributed by atoms with E-state index in [9.17, 15) is 14.4 Å². The molecule has 0 bridgehead atoms. The van der Waals surface area contributed by atoms with Gasteiger partial charge in [0.25, 0.3) is 5.56 Å². The predicted octanol–water partition coefficient (Wildman–Crippen LogP) is -0.377. The lowest BCUT2D eigenvalue weighted by atomic mass is 10.3. The van der Waals surface area contributed by atoms with Gasteiger partial charge in [0.15, 0.2) is 0 Å². The zero-order valence-electron chi connectivity index (χ0n) is 10.8. The molecule has 1 aromatic rings. The number of aryl methyl sites for hydroxylation is 1. The van der Waals surface area contributed by atoms with Gasteiger partial charge < -0.3 is 9.88 Å². The quantitative estimate of drug-likeness (QED) is 0.742. The summed E-state index contributed by atoms with van der Waals surface area (Å²) in [6, 6.07) is 0. The van der Waals surface area contributed by atoms with E-state index in [0.29, 0.717) is 12.1 Å². The zero-order valence-corrected chi connectivity index (χ0v) is 10.8. The molecule has 0 fully saturated rings. The fraction of sp³-hybridized carbons (Fsp3) is 0.417. The van der Waals surface area contributed by atoms with Crippen LogP contribution in [0.25, 0.3) is 6.08 Å². The van der Waals surface area contributed by atoms with Gasteiger partial charge in [-0.3, -0.25) is 14.2 Å². The highest BCUT2D eigenvalue weighted by Crippen LogP contribution is 1.92. The number of hydrogen-bond donors (Lipinski definition) is 1. The number of nitrogens with one attached hydrogen (secondary N) is 1. The second kappa shape index (κ2) is 6.00. The molecular weight excluding hydrogens is 234 g/mol. The van der Waals surface area contributed by atoms with Gasteiger partial charge in [0, 0.05) is 32.9 Å². The normalized spacial score (nSPS) is 10.8. The van der Waals surface area contributed by atoms with Gasteiger partial charge in [-0.2, -0.15) is 0 Å². The van der Waals surface area contributed by atoms with Crippen LogP contribution in [0.3, 0.4) is 0 Å². The molecule has 1 amide bonds. The van der Waals surface area contributed by atoms with Gasteiger partial charge in [-0.25, -0.2) is 4.79 Å². The van der Waals surface area contributed by atoms with E-state index < -0.39 is 11.2 Å². The molecule has 0 aliphatic carbocycles. The van der Waals surface area contributed by atoms with Gasteiger partial charge in [-0.05, 0) is 12.5 Å². The smallest absolute Gasteiger partial charge is 0.330 e. The molecule has 1 aromatic heterocycles. The van der Waals surface area contributed by atoms with Crippen molar-refractivity contribution in [1.29, 1.82) is 0 Å². The Bertz CT molecular complexity index is 581. The molecule has 18 heavy (non-hydrogen) atoms. The maximum atomic E-state index is 11.7. The number of carbonyl (C=O) groups excluding carboxylic acids is 1. The third-order valence-electron chi connectivity index (χ3n) is 2.44. The van der Waals surface area contributed by atoms with Crippen LogP contribution in [-0.2, 0) is 18.9 Å². The Hall–Kier alpha value is -2.11. The number of hydrogen-bond acceptors (Lipinski definition) is 3. The summed E-state index contributed by atoms with van der Waals surface area (Å²) in [7, 11) is 2.95. The number of nitrogens with zero attached hydrogens (tertiary/aromatic N) is 2. The van der Waals surface area contributed by atoms with Gasteiger partial charge in [0.2, 0.25) is 5.91 Å². The SMILES string of the molecule is CCCNC(=O)/C=C/c1cn(C)c(=O)n(C)c1=O. The van der Waals surface area contributed by atoms with E-state index in [1.807, 2.05) is 6.92 Å². The first-order chi connectivity index (χ1) is 8.47. The molecule has 0 atom stereocenters. The van der Waals surface area contributed by atoms with Crippen LogP contribution in [0.5, 0.6) is 0 Å². The molecule has 0 saturated heterocycles. The average molecular weight is 251 g/mol. The van der Waals surface area contributed by atoms with Crippen molar-refractivity contribution < 1.29 is 4.79 Å². The summed E-state index contributed by atoms with van der Waals surface area (Å²) in [5.41, 5.74) is -0.517. The van der Waals surface area contributed by atoms with Crippen LogP contribution in [0.4, 0.5) is 0 Å². The van der Waals surface area contributed by atoms with Crippen molar-refractivity contribution >= 4 is 12.0 Å². The van der Waals surface area contributed by atoms with E-state index in [0.717, 1.165) is 11.0 Å². The lowest BCUT2D eigenvalue weighted by molar-refractivity contribution is -0.116. The highest BCUT2D eigenvalue weighted by Gasteiger charge is 2.04. The Morgan fingerprint density at radius 3 is 2.67 bits per heavy atom. The molecule has 1 rings (SSSR count). The van der Waals surface area contributed by atoms with E-state index >= 15 is 0 Å². The molecule has 1 heterocycles.